The quantitative estimate of drug-likeness (QED) is 0.403. The summed E-state index contributed by atoms with van der Waals surface area (Å²) in [5.74, 6) is -0.342. The van der Waals surface area contributed by atoms with Crippen molar-refractivity contribution in [2.75, 3.05) is 5.32 Å². The number of fused-ring (bicyclic) bond motifs is 3. The number of aryl methyl sites for hydroxylation is 4. The van der Waals surface area contributed by atoms with Crippen molar-refractivity contribution >= 4 is 33.5 Å². The van der Waals surface area contributed by atoms with Crippen molar-refractivity contribution in [2.45, 2.75) is 33.7 Å². The molecule has 7 nitrogen and oxygen atoms in total. The Balaban J connectivity index is 1.75. The molecule has 1 amide bonds. The molecule has 2 aromatic heterocycles. The normalized spacial score (nSPS) is 11.3. The first-order valence-corrected chi connectivity index (χ1v) is 12.0. The molecule has 3 aromatic carbocycles. The first-order valence-electron chi connectivity index (χ1n) is 12.0. The maximum atomic E-state index is 13.9. The number of hydrogen-bond donors (Lipinski definition) is 1. The van der Waals surface area contributed by atoms with Crippen LogP contribution in [0, 0.1) is 13.8 Å². The van der Waals surface area contributed by atoms with Crippen molar-refractivity contribution < 1.29 is 4.79 Å². The van der Waals surface area contributed by atoms with Gasteiger partial charge in [-0.2, -0.15) is 0 Å². The second kappa shape index (κ2) is 9.00. The number of benzene rings is 3. The van der Waals surface area contributed by atoms with Gasteiger partial charge >= 0.3 is 5.69 Å². The summed E-state index contributed by atoms with van der Waals surface area (Å²) in [6, 6.07) is 20.7. The van der Waals surface area contributed by atoms with Crippen molar-refractivity contribution in [1.82, 2.24) is 13.7 Å². The number of hydrogen-bond acceptors (Lipinski definition) is 3. The van der Waals surface area contributed by atoms with Crippen LogP contribution >= 0.6 is 0 Å². The zero-order chi connectivity index (χ0) is 25.6. The molecule has 0 saturated heterocycles. The predicted molar refractivity (Wildman–Crippen MR) is 144 cm³/mol. The van der Waals surface area contributed by atoms with Crippen LogP contribution in [0.4, 0.5) is 5.69 Å². The van der Waals surface area contributed by atoms with Crippen LogP contribution in [0.25, 0.3) is 27.6 Å². The molecule has 0 saturated carbocycles. The van der Waals surface area contributed by atoms with Gasteiger partial charge in [-0.05, 0) is 62.2 Å². The van der Waals surface area contributed by atoms with Gasteiger partial charge in [-0.25, -0.2) is 9.36 Å². The predicted octanol–water partition coefficient (Wildman–Crippen LogP) is 4.46. The Bertz CT molecular complexity index is 1750. The average Bonchev–Trinajstić information content (AvgIpc) is 3.14. The molecule has 0 atom stereocenters. The minimum atomic E-state index is -0.553. The molecule has 0 aliphatic rings. The molecule has 5 aromatic rings. The number of aromatic nitrogens is 3. The number of carbonyl (C=O) groups excluding carboxylic acids is 1. The van der Waals surface area contributed by atoms with Gasteiger partial charge in [0.05, 0.1) is 16.7 Å². The van der Waals surface area contributed by atoms with Crippen molar-refractivity contribution in [3.8, 4) is 5.69 Å². The Kier molecular flexibility index (Phi) is 5.84. The van der Waals surface area contributed by atoms with Gasteiger partial charge in [0.25, 0.3) is 5.56 Å². The molecule has 5 rings (SSSR count). The lowest BCUT2D eigenvalue weighted by Crippen LogP contribution is -2.41. The highest BCUT2D eigenvalue weighted by molar-refractivity contribution is 6.06. The summed E-state index contributed by atoms with van der Waals surface area (Å²) in [5, 5.41) is 3.67. The van der Waals surface area contributed by atoms with Crippen molar-refractivity contribution in [3.05, 3.63) is 104 Å². The second-order valence-corrected chi connectivity index (χ2v) is 9.22. The molecule has 0 bridgehead atoms. The van der Waals surface area contributed by atoms with Gasteiger partial charge in [-0.15, -0.1) is 0 Å². The van der Waals surface area contributed by atoms with Gasteiger partial charge < -0.3 is 9.88 Å². The minimum Gasteiger partial charge on any atom is -0.338 e. The average molecular weight is 481 g/mol. The summed E-state index contributed by atoms with van der Waals surface area (Å²) in [4.78, 5) is 40.8. The highest BCUT2D eigenvalue weighted by Gasteiger charge is 2.22. The van der Waals surface area contributed by atoms with E-state index in [9.17, 15) is 14.4 Å². The minimum absolute atomic E-state index is 0.231. The van der Waals surface area contributed by atoms with Crippen LogP contribution in [-0.2, 0) is 24.8 Å². The lowest BCUT2D eigenvalue weighted by atomic mass is 10.1. The molecule has 0 unspecified atom stereocenters. The Morgan fingerprint density at radius 3 is 2.33 bits per heavy atom. The maximum Gasteiger partial charge on any atom is 0.336 e. The molecule has 2 heterocycles. The van der Waals surface area contributed by atoms with Crippen LogP contribution in [0.5, 0.6) is 0 Å². The fourth-order valence-corrected chi connectivity index (χ4v) is 4.75. The number of amides is 1. The molecule has 0 radical (unpaired) electrons. The van der Waals surface area contributed by atoms with E-state index in [1.54, 1.807) is 16.7 Å². The van der Waals surface area contributed by atoms with Gasteiger partial charge in [-0.3, -0.25) is 14.2 Å². The molecule has 0 aliphatic carbocycles. The maximum absolute atomic E-state index is 13.9. The molecule has 0 spiro atoms. The summed E-state index contributed by atoms with van der Waals surface area (Å²) < 4.78 is 4.37. The van der Waals surface area contributed by atoms with E-state index in [4.69, 9.17) is 0 Å². The Hall–Kier alpha value is -4.39. The third-order valence-electron chi connectivity index (χ3n) is 6.64. The Morgan fingerprint density at radius 2 is 1.61 bits per heavy atom. The molecule has 1 N–H and O–H groups in total. The highest BCUT2D eigenvalue weighted by atomic mass is 16.2. The standard InChI is InChI=1S/C29H28N4O3/c1-5-20-7-6-8-21(16-20)30-25(34)17-32-26-23-15-19(3)11-14-24(23)31(4)27(26)28(35)33(29(32)36)22-12-9-18(2)10-13-22/h6-16H,5,17H2,1-4H3,(H,30,34). The van der Waals surface area contributed by atoms with E-state index in [0.717, 1.165) is 38.6 Å². The van der Waals surface area contributed by atoms with E-state index < -0.39 is 11.2 Å². The molecule has 182 valence electrons. The van der Waals surface area contributed by atoms with Crippen LogP contribution < -0.4 is 16.6 Å². The van der Waals surface area contributed by atoms with Gasteiger partial charge in [0.1, 0.15) is 12.1 Å². The van der Waals surface area contributed by atoms with E-state index in [1.807, 2.05) is 82.4 Å². The largest absolute Gasteiger partial charge is 0.338 e. The van der Waals surface area contributed by atoms with Crippen LogP contribution in [0.15, 0.2) is 76.3 Å². The fourth-order valence-electron chi connectivity index (χ4n) is 4.75. The lowest BCUT2D eigenvalue weighted by Gasteiger charge is -2.14. The molecule has 7 heteroatoms. The molecule has 36 heavy (non-hydrogen) atoms. The van der Waals surface area contributed by atoms with Crippen molar-refractivity contribution in [1.29, 1.82) is 0 Å². The third-order valence-corrected chi connectivity index (χ3v) is 6.64. The number of nitrogens with one attached hydrogen (secondary N) is 1. The zero-order valence-corrected chi connectivity index (χ0v) is 20.8. The van der Waals surface area contributed by atoms with E-state index in [1.165, 1.54) is 4.57 Å². The lowest BCUT2D eigenvalue weighted by molar-refractivity contribution is -0.116. The van der Waals surface area contributed by atoms with Crippen LogP contribution in [-0.4, -0.2) is 19.6 Å². The second-order valence-electron chi connectivity index (χ2n) is 9.22. The fraction of sp³-hybridized carbons (Fsp3) is 0.207. The Labute approximate surface area is 208 Å². The van der Waals surface area contributed by atoms with Crippen LogP contribution in [0.1, 0.15) is 23.6 Å². The summed E-state index contributed by atoms with van der Waals surface area (Å²) in [6.07, 6.45) is 0.848. The van der Waals surface area contributed by atoms with Gasteiger partial charge in [0.2, 0.25) is 5.91 Å². The Morgan fingerprint density at radius 1 is 0.889 bits per heavy atom. The topological polar surface area (TPSA) is 78.0 Å². The first-order chi connectivity index (χ1) is 17.3. The highest BCUT2D eigenvalue weighted by Crippen LogP contribution is 2.27. The molecular weight excluding hydrogens is 452 g/mol. The molecular formula is C29H28N4O3. The summed E-state index contributed by atoms with van der Waals surface area (Å²) in [6.45, 7) is 5.72. The molecule has 0 aliphatic heterocycles. The van der Waals surface area contributed by atoms with Gasteiger partial charge in [-0.1, -0.05) is 48.4 Å². The summed E-state index contributed by atoms with van der Waals surface area (Å²) in [5.41, 5.74) is 4.93. The SMILES string of the molecule is CCc1cccc(NC(=O)Cn2c(=O)n(-c3ccc(C)cc3)c(=O)c3c2c2cc(C)ccc2n3C)c1. The third kappa shape index (κ3) is 3.92. The monoisotopic (exact) mass is 480 g/mol. The van der Waals surface area contributed by atoms with Crippen molar-refractivity contribution in [3.63, 3.8) is 0 Å². The van der Waals surface area contributed by atoms with Crippen LogP contribution in [0.2, 0.25) is 0 Å². The smallest absolute Gasteiger partial charge is 0.336 e. The number of rotatable bonds is 5. The number of anilines is 1. The number of carbonyl (C=O) groups is 1. The first kappa shape index (κ1) is 23.4. The van der Waals surface area contributed by atoms with Crippen LogP contribution in [0.3, 0.4) is 0 Å². The van der Waals surface area contributed by atoms with Gasteiger partial charge in [0, 0.05) is 18.1 Å². The zero-order valence-electron chi connectivity index (χ0n) is 20.8. The van der Waals surface area contributed by atoms with E-state index in [2.05, 4.69) is 5.32 Å². The molecule has 0 fully saturated rings. The van der Waals surface area contributed by atoms with Crippen molar-refractivity contribution in [2.24, 2.45) is 7.05 Å². The summed E-state index contributed by atoms with van der Waals surface area (Å²) >= 11 is 0. The van der Waals surface area contributed by atoms with Gasteiger partial charge in [0.15, 0.2) is 0 Å². The van der Waals surface area contributed by atoms with E-state index >= 15 is 0 Å². The number of nitrogens with zero attached hydrogens (tertiary/aromatic N) is 3. The van der Waals surface area contributed by atoms with E-state index in [-0.39, 0.29) is 12.5 Å². The van der Waals surface area contributed by atoms with E-state index in [0.29, 0.717) is 22.4 Å². The summed E-state index contributed by atoms with van der Waals surface area (Å²) in [7, 11) is 1.81.